The summed E-state index contributed by atoms with van der Waals surface area (Å²) in [6.45, 7) is 0. The van der Waals surface area contributed by atoms with Crippen molar-refractivity contribution in [3.05, 3.63) is 32.8 Å². The zero-order chi connectivity index (χ0) is 9.16. The molecule has 3 aromatic rings. The van der Waals surface area contributed by atoms with E-state index in [1.807, 2.05) is 0 Å². The van der Waals surface area contributed by atoms with Crippen LogP contribution < -0.4 is 11.1 Å². The Hall–Kier alpha value is -2.04. The van der Waals surface area contributed by atoms with Crippen molar-refractivity contribution in [3.63, 3.8) is 0 Å². The molecule has 0 spiro atoms. The molecule has 64 valence electrons. The maximum atomic E-state index is 11.2. The van der Waals surface area contributed by atoms with E-state index in [9.17, 15) is 9.59 Å². The molecule has 0 aliphatic rings. The van der Waals surface area contributed by atoms with Gasteiger partial charge in [-0.05, 0) is 12.1 Å². The molecule has 3 rings (SSSR count). The van der Waals surface area contributed by atoms with Gasteiger partial charge in [0.2, 0.25) is 0 Å². The zero-order valence-corrected chi connectivity index (χ0v) is 6.27. The highest BCUT2D eigenvalue weighted by Crippen LogP contribution is 2.28. The third-order valence-corrected chi connectivity index (χ3v) is 2.12. The number of nitrogens with zero attached hydrogens (tertiary/aromatic N) is 1. The van der Waals surface area contributed by atoms with Gasteiger partial charge in [0.1, 0.15) is 5.39 Å². The molecule has 0 unspecified atom stereocenters. The first-order valence-electron chi connectivity index (χ1n) is 3.62. The van der Waals surface area contributed by atoms with Crippen molar-refractivity contribution >= 4 is 21.9 Å². The highest BCUT2D eigenvalue weighted by atomic mass is 16.5. The number of hydrogen-bond acceptors (Lipinski definition) is 4. The topological polar surface area (TPSA) is 72.4 Å². The number of fused-ring (bicyclic) bond motifs is 3. The van der Waals surface area contributed by atoms with Gasteiger partial charge in [0.15, 0.2) is 11.2 Å². The van der Waals surface area contributed by atoms with E-state index < -0.39 is 11.1 Å². The van der Waals surface area contributed by atoms with Crippen LogP contribution in [0.5, 0.6) is 0 Å². The van der Waals surface area contributed by atoms with Crippen LogP contribution in [0.4, 0.5) is 0 Å². The van der Waals surface area contributed by atoms with Gasteiger partial charge in [0.25, 0.3) is 11.1 Å². The molecule has 0 saturated carbocycles. The second-order valence-electron chi connectivity index (χ2n) is 2.84. The molecule has 2 aromatic heterocycles. The van der Waals surface area contributed by atoms with Gasteiger partial charge in [-0.15, -0.1) is 4.73 Å². The van der Waals surface area contributed by atoms with E-state index in [2.05, 4.69) is 0 Å². The van der Waals surface area contributed by atoms with E-state index in [0.29, 0.717) is 11.2 Å². The van der Waals surface area contributed by atoms with Gasteiger partial charge in [-0.25, -0.2) is 0 Å². The fraction of sp³-hybridized carbons (Fsp3) is 0. The normalized spacial score (nSPS) is 12.0. The van der Waals surface area contributed by atoms with E-state index in [1.54, 1.807) is 6.07 Å². The predicted molar refractivity (Wildman–Crippen MR) is 43.8 cm³/mol. The van der Waals surface area contributed by atoms with Crippen molar-refractivity contribution < 1.29 is 9.62 Å². The molecule has 0 bridgehead atoms. The molecule has 0 atom stereocenters. The molecule has 0 aliphatic heterocycles. The van der Waals surface area contributed by atoms with E-state index in [4.69, 9.17) is 9.62 Å². The molecule has 0 amide bonds. The van der Waals surface area contributed by atoms with Crippen LogP contribution in [0.2, 0.25) is 0 Å². The summed E-state index contributed by atoms with van der Waals surface area (Å²) in [5, 5.41) is 9.38. The first-order valence-corrected chi connectivity index (χ1v) is 3.62. The maximum absolute atomic E-state index is 11.2. The summed E-state index contributed by atoms with van der Waals surface area (Å²) in [5.41, 5.74) is -0.407. The molecule has 0 saturated heterocycles. The van der Waals surface area contributed by atoms with Crippen LogP contribution >= 0.6 is 0 Å². The summed E-state index contributed by atoms with van der Waals surface area (Å²) < 4.78 is 5.04. The van der Waals surface area contributed by atoms with Crippen LogP contribution in [0.3, 0.4) is 0 Å². The van der Waals surface area contributed by atoms with Crippen LogP contribution in [0.25, 0.3) is 21.9 Å². The summed E-state index contributed by atoms with van der Waals surface area (Å²) in [4.78, 5) is 22.4. The molecule has 5 heteroatoms. The zero-order valence-electron chi connectivity index (χ0n) is 6.27. The molecule has 0 fully saturated rings. The van der Waals surface area contributed by atoms with Gasteiger partial charge in [-0.3, -0.25) is 9.59 Å². The lowest BCUT2D eigenvalue weighted by Gasteiger charge is -1.77. The molecule has 1 aromatic carbocycles. The molecule has 13 heavy (non-hydrogen) atoms. The Balaban J connectivity index is 2.82. The minimum absolute atomic E-state index is 0.104. The standard InChI is InChI=1S/C8H3NO4/c10-7-3-1-2-4-6(13-4)5(3)8(11)9(7)12/h1-2,12H. The van der Waals surface area contributed by atoms with Crippen molar-refractivity contribution in [1.29, 1.82) is 0 Å². The van der Waals surface area contributed by atoms with E-state index in [-0.39, 0.29) is 15.5 Å². The second kappa shape index (κ2) is 1.66. The van der Waals surface area contributed by atoms with Crippen molar-refractivity contribution in [2.45, 2.75) is 0 Å². The van der Waals surface area contributed by atoms with E-state index in [1.165, 1.54) is 6.07 Å². The quantitative estimate of drug-likeness (QED) is 0.498. The molecule has 0 radical (unpaired) electrons. The molecular formula is C8H3NO4. The summed E-state index contributed by atoms with van der Waals surface area (Å²) >= 11 is 0. The lowest BCUT2D eigenvalue weighted by atomic mass is 10.2. The average molecular weight is 177 g/mol. The SMILES string of the molecule is O=c1c2ccc3oc3c2c(=O)n1O. The largest absolute Gasteiger partial charge is 0.449 e. The summed E-state index contributed by atoms with van der Waals surface area (Å²) in [6, 6.07) is 3.07. The Labute approximate surface area is 70.1 Å². The van der Waals surface area contributed by atoms with Gasteiger partial charge in [-0.1, -0.05) is 0 Å². The monoisotopic (exact) mass is 177 g/mol. The van der Waals surface area contributed by atoms with Gasteiger partial charge in [0.05, 0.1) is 5.39 Å². The molecule has 1 N–H and O–H groups in total. The third-order valence-electron chi connectivity index (χ3n) is 2.12. The smallest absolute Gasteiger partial charge is 0.298 e. The minimum Gasteiger partial charge on any atom is -0.449 e. The van der Waals surface area contributed by atoms with Crippen molar-refractivity contribution in [2.24, 2.45) is 0 Å². The second-order valence-corrected chi connectivity index (χ2v) is 2.84. The van der Waals surface area contributed by atoms with Crippen LogP contribution in [-0.4, -0.2) is 9.94 Å². The fourth-order valence-electron chi connectivity index (χ4n) is 1.44. The van der Waals surface area contributed by atoms with Gasteiger partial charge in [0, 0.05) is 0 Å². The summed E-state index contributed by atoms with van der Waals surface area (Å²) in [5.74, 6) is 0. The van der Waals surface area contributed by atoms with Crippen LogP contribution in [0.15, 0.2) is 26.1 Å². The van der Waals surface area contributed by atoms with Crippen molar-refractivity contribution in [1.82, 2.24) is 4.73 Å². The van der Waals surface area contributed by atoms with Crippen LogP contribution in [0.1, 0.15) is 0 Å². The Kier molecular flexibility index (Phi) is 0.826. The van der Waals surface area contributed by atoms with Crippen LogP contribution in [-0.2, 0) is 0 Å². The Bertz CT molecular complexity index is 693. The van der Waals surface area contributed by atoms with Crippen molar-refractivity contribution in [2.75, 3.05) is 0 Å². The van der Waals surface area contributed by atoms with Crippen molar-refractivity contribution in [3.8, 4) is 0 Å². The molecular weight excluding hydrogens is 174 g/mol. The van der Waals surface area contributed by atoms with E-state index in [0.717, 1.165) is 0 Å². The molecule has 2 heterocycles. The van der Waals surface area contributed by atoms with E-state index >= 15 is 0 Å². The number of rotatable bonds is 0. The third kappa shape index (κ3) is 0.581. The maximum Gasteiger partial charge on any atom is 0.298 e. The van der Waals surface area contributed by atoms with Crippen LogP contribution in [0, 0.1) is 0 Å². The predicted octanol–water partition coefficient (Wildman–Crippen LogP) is 0.221. The Morgan fingerprint density at radius 1 is 1.23 bits per heavy atom. The average Bonchev–Trinajstić information content (AvgIpc) is 2.87. The lowest BCUT2D eigenvalue weighted by Crippen LogP contribution is -2.22. The fourth-order valence-corrected chi connectivity index (χ4v) is 1.44. The number of hydrogen-bond donors (Lipinski definition) is 1. The first kappa shape index (κ1) is 6.47. The van der Waals surface area contributed by atoms with Gasteiger partial charge in [-0.2, -0.15) is 0 Å². The Morgan fingerprint density at radius 2 is 2.00 bits per heavy atom. The highest BCUT2D eigenvalue weighted by molar-refractivity contribution is 6.06. The molecule has 5 nitrogen and oxygen atoms in total. The van der Waals surface area contributed by atoms with Gasteiger partial charge >= 0.3 is 0 Å². The number of benzene rings is 1. The first-order chi connectivity index (χ1) is 6.20. The lowest BCUT2D eigenvalue weighted by molar-refractivity contribution is 0.171. The van der Waals surface area contributed by atoms with Gasteiger partial charge < -0.3 is 9.62 Å². The minimum atomic E-state index is -0.714. The Morgan fingerprint density at radius 3 is 2.77 bits per heavy atom. The summed E-state index contributed by atoms with van der Waals surface area (Å²) in [7, 11) is 0. The summed E-state index contributed by atoms with van der Waals surface area (Å²) in [6.07, 6.45) is 0. The highest BCUT2D eigenvalue weighted by Gasteiger charge is 2.20. The number of aromatic nitrogens is 1. The molecule has 0 aliphatic carbocycles.